The monoisotopic (exact) mass is 135 g/mol. The topological polar surface area (TPSA) is 70.8 Å². The molecule has 1 aliphatic rings. The van der Waals surface area contributed by atoms with Crippen LogP contribution in [0, 0.1) is 10.1 Å². The van der Waals surface area contributed by atoms with E-state index in [4.69, 9.17) is 0 Å². The smallest absolute Gasteiger partial charge is 0.314 e. The molecule has 0 aromatic rings. The zero-order valence-corrected chi connectivity index (χ0v) is 4.48. The maximum Gasteiger partial charge on any atom is 0.314 e. The molecule has 6 nitrogen and oxygen atoms in total. The second-order valence-corrected chi connectivity index (χ2v) is 1.36. The first kappa shape index (κ1) is 6.24. The van der Waals surface area contributed by atoms with Crippen LogP contribution in [0.3, 0.4) is 0 Å². The molecule has 0 atom stereocenters. The summed E-state index contributed by atoms with van der Waals surface area (Å²) >= 11 is 0. The van der Waals surface area contributed by atoms with Gasteiger partial charge in [-0.05, 0) is 0 Å². The lowest BCUT2D eigenvalue weighted by molar-refractivity contribution is -0.791. The maximum absolute atomic E-state index is 9.58. The summed E-state index contributed by atoms with van der Waals surface area (Å²) in [6.07, 6.45) is 0. The van der Waals surface area contributed by atoms with Crippen molar-refractivity contribution in [3.8, 4) is 0 Å². The van der Waals surface area contributed by atoms with Gasteiger partial charge >= 0.3 is 6.48 Å². The van der Waals surface area contributed by atoms with Gasteiger partial charge in [0.05, 0.1) is 13.2 Å². The normalized spacial score (nSPS) is 20.0. The molecule has 6 heteroatoms. The first-order chi connectivity index (χ1) is 4.29. The molecule has 0 spiro atoms. The van der Waals surface area contributed by atoms with Gasteiger partial charge in [-0.25, -0.2) is 0 Å². The van der Waals surface area contributed by atoms with Crippen molar-refractivity contribution in [3.63, 3.8) is 0 Å². The van der Waals surface area contributed by atoms with Crippen LogP contribution in [0.25, 0.3) is 0 Å². The Morgan fingerprint density at radius 3 is 2.56 bits per heavy atom. The average Bonchev–Trinajstić information content (AvgIpc) is 2.15. The highest BCUT2D eigenvalue weighted by molar-refractivity contribution is 4.35. The average molecular weight is 135 g/mol. The molecule has 1 heterocycles. The Labute approximate surface area is 50.4 Å². The van der Waals surface area contributed by atoms with Gasteiger partial charge in [-0.2, -0.15) is 0 Å². The molecule has 1 aliphatic heterocycles. The van der Waals surface area contributed by atoms with Gasteiger partial charge in [0, 0.05) is 0 Å². The van der Waals surface area contributed by atoms with E-state index >= 15 is 0 Å². The SMILES string of the molecule is O=[N+]([O-])OC1OCCO1. The second kappa shape index (κ2) is 2.60. The van der Waals surface area contributed by atoms with Gasteiger partial charge in [-0.15, -0.1) is 10.1 Å². The summed E-state index contributed by atoms with van der Waals surface area (Å²) in [6, 6.07) is 0. The molecule has 52 valence electrons. The zero-order valence-electron chi connectivity index (χ0n) is 4.48. The van der Waals surface area contributed by atoms with E-state index in [0.717, 1.165) is 0 Å². The lowest BCUT2D eigenvalue weighted by Gasteiger charge is -2.03. The number of ether oxygens (including phenoxy) is 2. The quantitative estimate of drug-likeness (QED) is 0.378. The maximum atomic E-state index is 9.58. The van der Waals surface area contributed by atoms with E-state index in [1.165, 1.54) is 0 Å². The summed E-state index contributed by atoms with van der Waals surface area (Å²) in [4.78, 5) is 13.5. The minimum absolute atomic E-state index is 0.346. The van der Waals surface area contributed by atoms with E-state index in [1.807, 2.05) is 0 Å². The number of rotatable bonds is 2. The summed E-state index contributed by atoms with van der Waals surface area (Å²) in [5, 5.41) is 8.63. The highest BCUT2D eigenvalue weighted by Crippen LogP contribution is 2.03. The zero-order chi connectivity index (χ0) is 6.69. The summed E-state index contributed by atoms with van der Waals surface area (Å²) in [5.74, 6) is 0. The third-order valence-corrected chi connectivity index (χ3v) is 0.763. The Hall–Kier alpha value is -0.880. The number of nitrogens with zero attached hydrogens (tertiary/aromatic N) is 1. The van der Waals surface area contributed by atoms with Crippen LogP contribution in [0.2, 0.25) is 0 Å². The molecule has 0 unspecified atom stereocenters. The van der Waals surface area contributed by atoms with Crippen molar-refractivity contribution in [1.29, 1.82) is 0 Å². The molecule has 0 radical (unpaired) electrons. The van der Waals surface area contributed by atoms with Gasteiger partial charge in [-0.3, -0.25) is 4.84 Å². The third kappa shape index (κ3) is 1.82. The molecule has 1 fully saturated rings. The minimum Gasteiger partial charge on any atom is -0.329 e. The van der Waals surface area contributed by atoms with Crippen molar-refractivity contribution in [2.45, 2.75) is 6.48 Å². The highest BCUT2D eigenvalue weighted by Gasteiger charge is 2.18. The van der Waals surface area contributed by atoms with E-state index in [9.17, 15) is 10.1 Å². The lowest BCUT2D eigenvalue weighted by Crippen LogP contribution is -2.16. The van der Waals surface area contributed by atoms with Crippen LogP contribution < -0.4 is 0 Å². The highest BCUT2D eigenvalue weighted by atomic mass is 17.0. The van der Waals surface area contributed by atoms with Crippen LogP contribution in [0.5, 0.6) is 0 Å². The molecule has 0 aliphatic carbocycles. The summed E-state index contributed by atoms with van der Waals surface area (Å²) in [6.45, 7) is -0.420. The van der Waals surface area contributed by atoms with E-state index in [1.54, 1.807) is 0 Å². The summed E-state index contributed by atoms with van der Waals surface area (Å²) in [5.41, 5.74) is 0. The van der Waals surface area contributed by atoms with Crippen molar-refractivity contribution in [1.82, 2.24) is 0 Å². The van der Waals surface area contributed by atoms with Crippen molar-refractivity contribution in [3.05, 3.63) is 10.1 Å². The first-order valence-electron chi connectivity index (χ1n) is 2.33. The van der Waals surface area contributed by atoms with E-state index in [-0.39, 0.29) is 0 Å². The van der Waals surface area contributed by atoms with Crippen molar-refractivity contribution in [2.24, 2.45) is 0 Å². The molecule has 0 saturated carbocycles. The molecule has 0 amide bonds. The van der Waals surface area contributed by atoms with Gasteiger partial charge in [0.2, 0.25) is 0 Å². The van der Waals surface area contributed by atoms with Crippen LogP contribution >= 0.6 is 0 Å². The van der Waals surface area contributed by atoms with Crippen LogP contribution in [0.1, 0.15) is 0 Å². The van der Waals surface area contributed by atoms with Crippen LogP contribution in [0.15, 0.2) is 0 Å². The Morgan fingerprint density at radius 1 is 1.56 bits per heavy atom. The fourth-order valence-corrected chi connectivity index (χ4v) is 0.468. The largest absolute Gasteiger partial charge is 0.329 e. The Morgan fingerprint density at radius 2 is 2.11 bits per heavy atom. The molecule has 1 rings (SSSR count). The van der Waals surface area contributed by atoms with Crippen LogP contribution in [-0.2, 0) is 14.3 Å². The standard InChI is InChI=1S/C3H5NO5/c5-4(6)9-3-7-1-2-8-3/h3H,1-2H2. The fraction of sp³-hybridized carbons (Fsp3) is 1.00. The van der Waals surface area contributed by atoms with Gasteiger partial charge in [0.15, 0.2) is 0 Å². The van der Waals surface area contributed by atoms with Crippen molar-refractivity contribution in [2.75, 3.05) is 13.2 Å². The molecule has 0 bridgehead atoms. The van der Waals surface area contributed by atoms with Crippen LogP contribution in [0.4, 0.5) is 0 Å². The lowest BCUT2D eigenvalue weighted by atomic mass is 10.8. The third-order valence-electron chi connectivity index (χ3n) is 0.763. The van der Waals surface area contributed by atoms with Crippen molar-refractivity contribution >= 4 is 0 Å². The van der Waals surface area contributed by atoms with E-state index in [2.05, 4.69) is 14.3 Å². The molecule has 9 heavy (non-hydrogen) atoms. The van der Waals surface area contributed by atoms with E-state index in [0.29, 0.717) is 13.2 Å². The Bertz CT molecular complexity index is 109. The van der Waals surface area contributed by atoms with Gasteiger partial charge in [-0.1, -0.05) is 0 Å². The Balaban J connectivity index is 2.19. The molecule has 1 saturated heterocycles. The predicted molar refractivity (Wildman–Crippen MR) is 23.8 cm³/mol. The Kier molecular flexibility index (Phi) is 1.81. The minimum atomic E-state index is -1.11. The summed E-state index contributed by atoms with van der Waals surface area (Å²) in [7, 11) is 0. The van der Waals surface area contributed by atoms with E-state index < -0.39 is 11.6 Å². The summed E-state index contributed by atoms with van der Waals surface area (Å²) < 4.78 is 9.16. The molecule has 0 aromatic heterocycles. The fourth-order valence-electron chi connectivity index (χ4n) is 0.468. The van der Waals surface area contributed by atoms with Gasteiger partial charge < -0.3 is 9.47 Å². The van der Waals surface area contributed by atoms with Crippen molar-refractivity contribution < 1.29 is 19.4 Å². The number of hydrogen-bond donors (Lipinski definition) is 0. The van der Waals surface area contributed by atoms with Gasteiger partial charge in [0.25, 0.3) is 5.09 Å². The first-order valence-corrected chi connectivity index (χ1v) is 2.33. The van der Waals surface area contributed by atoms with Crippen LogP contribution in [-0.4, -0.2) is 24.8 Å². The second-order valence-electron chi connectivity index (χ2n) is 1.36. The molecular weight excluding hydrogens is 130 g/mol. The molecular formula is C3H5NO5. The molecule has 0 N–H and O–H groups in total. The predicted octanol–water partition coefficient (Wildman–Crippen LogP) is -0.475. The van der Waals surface area contributed by atoms with Gasteiger partial charge in [0.1, 0.15) is 0 Å². The molecule has 0 aromatic carbocycles. The number of hydrogen-bond acceptors (Lipinski definition) is 5.